The Morgan fingerprint density at radius 3 is 2.79 bits per heavy atom. The second-order valence-corrected chi connectivity index (χ2v) is 6.64. The monoisotopic (exact) mass is 318 g/mol. The predicted molar refractivity (Wildman–Crippen MR) is 81.6 cm³/mol. The molecule has 3 rings (SSSR count). The minimum atomic E-state index is 0.439. The van der Waals surface area contributed by atoms with Crippen LogP contribution in [0, 0.1) is 5.92 Å². The number of benzene rings is 1. The third kappa shape index (κ3) is 2.48. The molecule has 3 heteroatoms. The van der Waals surface area contributed by atoms with Crippen LogP contribution in [-0.2, 0) is 12.8 Å². The number of halogens is 1. The first kappa shape index (κ1) is 12.9. The molecule has 1 heterocycles. The van der Waals surface area contributed by atoms with Gasteiger partial charge in [0.2, 0.25) is 0 Å². The van der Waals surface area contributed by atoms with Gasteiger partial charge in [0.1, 0.15) is 0 Å². The first-order valence-corrected chi connectivity index (χ1v) is 7.82. The van der Waals surface area contributed by atoms with Gasteiger partial charge in [-0.05, 0) is 49.8 Å². The highest BCUT2D eigenvalue weighted by atomic mass is 79.9. The van der Waals surface area contributed by atoms with Crippen LogP contribution in [0.2, 0.25) is 0 Å². The SMILES string of the molecule is CC(C)n1ccc(CC2Cc3ccccc3C2Br)n1. The fourth-order valence-electron chi connectivity index (χ4n) is 2.85. The van der Waals surface area contributed by atoms with Crippen LogP contribution < -0.4 is 0 Å². The lowest BCUT2D eigenvalue weighted by atomic mass is 10.0. The summed E-state index contributed by atoms with van der Waals surface area (Å²) >= 11 is 3.86. The first-order valence-electron chi connectivity index (χ1n) is 6.91. The van der Waals surface area contributed by atoms with Crippen LogP contribution >= 0.6 is 15.9 Å². The summed E-state index contributed by atoms with van der Waals surface area (Å²) < 4.78 is 2.04. The van der Waals surface area contributed by atoms with Gasteiger partial charge in [0.05, 0.1) is 5.69 Å². The van der Waals surface area contributed by atoms with Gasteiger partial charge in [-0.2, -0.15) is 5.10 Å². The van der Waals surface area contributed by atoms with Crippen LogP contribution in [-0.4, -0.2) is 9.78 Å². The predicted octanol–water partition coefficient (Wildman–Crippen LogP) is 4.32. The Morgan fingerprint density at radius 2 is 2.11 bits per heavy atom. The van der Waals surface area contributed by atoms with Crippen molar-refractivity contribution >= 4 is 15.9 Å². The second kappa shape index (κ2) is 5.12. The third-order valence-electron chi connectivity index (χ3n) is 3.91. The molecule has 0 saturated carbocycles. The lowest BCUT2D eigenvalue weighted by molar-refractivity contribution is 0.504. The zero-order chi connectivity index (χ0) is 13.4. The Hall–Kier alpha value is -1.09. The van der Waals surface area contributed by atoms with Gasteiger partial charge >= 0.3 is 0 Å². The molecule has 2 atom stereocenters. The van der Waals surface area contributed by atoms with E-state index < -0.39 is 0 Å². The number of alkyl halides is 1. The smallest absolute Gasteiger partial charge is 0.0628 e. The van der Waals surface area contributed by atoms with Crippen molar-refractivity contribution in [3.8, 4) is 0 Å². The zero-order valence-electron chi connectivity index (χ0n) is 11.4. The molecule has 1 aliphatic rings. The van der Waals surface area contributed by atoms with Gasteiger partial charge in [0, 0.05) is 17.1 Å². The average Bonchev–Trinajstić information content (AvgIpc) is 2.97. The summed E-state index contributed by atoms with van der Waals surface area (Å²) in [6.45, 7) is 4.32. The number of aromatic nitrogens is 2. The van der Waals surface area contributed by atoms with Gasteiger partial charge in [-0.1, -0.05) is 40.2 Å². The molecular formula is C16H19BrN2. The van der Waals surface area contributed by atoms with Crippen molar-refractivity contribution in [2.24, 2.45) is 5.92 Å². The molecule has 2 unspecified atom stereocenters. The molecule has 0 spiro atoms. The maximum atomic E-state index is 4.67. The van der Waals surface area contributed by atoms with Gasteiger partial charge < -0.3 is 0 Å². The fourth-order valence-corrected chi connectivity index (χ4v) is 3.67. The molecule has 0 saturated heterocycles. The molecule has 0 radical (unpaired) electrons. The summed E-state index contributed by atoms with van der Waals surface area (Å²) in [6, 6.07) is 11.3. The Labute approximate surface area is 123 Å². The summed E-state index contributed by atoms with van der Waals surface area (Å²) in [5, 5.41) is 4.67. The molecule has 1 aromatic carbocycles. The van der Waals surface area contributed by atoms with E-state index in [-0.39, 0.29) is 0 Å². The van der Waals surface area contributed by atoms with Gasteiger partial charge in [-0.15, -0.1) is 0 Å². The van der Waals surface area contributed by atoms with Crippen LogP contribution in [0.25, 0.3) is 0 Å². The van der Waals surface area contributed by atoms with E-state index in [1.165, 1.54) is 16.8 Å². The van der Waals surface area contributed by atoms with E-state index in [4.69, 9.17) is 0 Å². The van der Waals surface area contributed by atoms with E-state index in [9.17, 15) is 0 Å². The molecule has 2 aromatic rings. The molecule has 0 bridgehead atoms. The van der Waals surface area contributed by atoms with E-state index in [1.54, 1.807) is 0 Å². The van der Waals surface area contributed by atoms with E-state index in [0.29, 0.717) is 16.8 Å². The maximum Gasteiger partial charge on any atom is 0.0628 e. The van der Waals surface area contributed by atoms with Gasteiger partial charge in [-0.3, -0.25) is 4.68 Å². The number of hydrogen-bond acceptors (Lipinski definition) is 1. The summed E-state index contributed by atoms with van der Waals surface area (Å²) in [5.74, 6) is 0.618. The Balaban J connectivity index is 1.75. The number of fused-ring (bicyclic) bond motifs is 1. The molecule has 1 aliphatic carbocycles. The Kier molecular flexibility index (Phi) is 3.48. The Bertz CT molecular complexity index is 574. The van der Waals surface area contributed by atoms with Crippen LogP contribution in [0.4, 0.5) is 0 Å². The van der Waals surface area contributed by atoms with Gasteiger partial charge in [-0.25, -0.2) is 0 Å². The minimum Gasteiger partial charge on any atom is -0.270 e. The van der Waals surface area contributed by atoms with Gasteiger partial charge in [0.15, 0.2) is 0 Å². The largest absolute Gasteiger partial charge is 0.270 e. The molecule has 0 N–H and O–H groups in total. The maximum absolute atomic E-state index is 4.67. The van der Waals surface area contributed by atoms with Crippen molar-refractivity contribution in [3.63, 3.8) is 0 Å². The summed E-state index contributed by atoms with van der Waals surface area (Å²) in [5.41, 5.74) is 4.14. The molecule has 1 aromatic heterocycles. The molecule has 19 heavy (non-hydrogen) atoms. The molecule has 0 amide bonds. The molecule has 0 aliphatic heterocycles. The molecule has 2 nitrogen and oxygen atoms in total. The topological polar surface area (TPSA) is 17.8 Å². The highest BCUT2D eigenvalue weighted by molar-refractivity contribution is 9.09. The number of hydrogen-bond donors (Lipinski definition) is 0. The van der Waals surface area contributed by atoms with E-state index in [2.05, 4.69) is 71.4 Å². The lowest BCUT2D eigenvalue weighted by Crippen LogP contribution is -2.08. The lowest BCUT2D eigenvalue weighted by Gasteiger charge is -2.13. The van der Waals surface area contributed by atoms with Crippen LogP contribution in [0.1, 0.15) is 41.5 Å². The first-order chi connectivity index (χ1) is 9.15. The number of nitrogens with zero attached hydrogens (tertiary/aromatic N) is 2. The van der Waals surface area contributed by atoms with Crippen molar-refractivity contribution in [2.45, 2.75) is 37.6 Å². The van der Waals surface area contributed by atoms with Crippen molar-refractivity contribution in [1.82, 2.24) is 9.78 Å². The quantitative estimate of drug-likeness (QED) is 0.771. The normalized spacial score (nSPS) is 21.9. The number of rotatable bonds is 3. The molecular weight excluding hydrogens is 300 g/mol. The minimum absolute atomic E-state index is 0.439. The van der Waals surface area contributed by atoms with E-state index in [0.717, 1.165) is 12.8 Å². The second-order valence-electron chi connectivity index (χ2n) is 5.65. The highest BCUT2D eigenvalue weighted by Crippen LogP contribution is 2.43. The summed E-state index contributed by atoms with van der Waals surface area (Å²) in [4.78, 5) is 0.466. The Morgan fingerprint density at radius 1 is 1.32 bits per heavy atom. The van der Waals surface area contributed by atoms with Crippen LogP contribution in [0.15, 0.2) is 36.5 Å². The van der Waals surface area contributed by atoms with Crippen molar-refractivity contribution < 1.29 is 0 Å². The average molecular weight is 319 g/mol. The van der Waals surface area contributed by atoms with Crippen LogP contribution in [0.5, 0.6) is 0 Å². The summed E-state index contributed by atoms with van der Waals surface area (Å²) in [7, 11) is 0. The highest BCUT2D eigenvalue weighted by Gasteiger charge is 2.30. The van der Waals surface area contributed by atoms with Crippen molar-refractivity contribution in [2.75, 3.05) is 0 Å². The van der Waals surface area contributed by atoms with E-state index >= 15 is 0 Å². The molecule has 0 fully saturated rings. The van der Waals surface area contributed by atoms with Crippen molar-refractivity contribution in [1.29, 1.82) is 0 Å². The standard InChI is InChI=1S/C16H19BrN2/c1-11(2)19-8-7-14(18-19)10-13-9-12-5-3-4-6-15(12)16(13)17/h3-8,11,13,16H,9-10H2,1-2H3. The van der Waals surface area contributed by atoms with E-state index in [1.807, 2.05) is 4.68 Å². The summed E-state index contributed by atoms with van der Waals surface area (Å²) in [6.07, 6.45) is 4.29. The van der Waals surface area contributed by atoms with Crippen molar-refractivity contribution in [3.05, 3.63) is 53.3 Å². The van der Waals surface area contributed by atoms with Gasteiger partial charge in [0.25, 0.3) is 0 Å². The molecule has 100 valence electrons. The third-order valence-corrected chi connectivity index (χ3v) is 5.15. The van der Waals surface area contributed by atoms with Crippen LogP contribution in [0.3, 0.4) is 0 Å². The zero-order valence-corrected chi connectivity index (χ0v) is 13.0. The fraction of sp³-hybridized carbons (Fsp3) is 0.438.